The lowest BCUT2D eigenvalue weighted by Gasteiger charge is -2.38. The smallest absolute Gasteiger partial charge is 0.264 e. The van der Waals surface area contributed by atoms with Gasteiger partial charge in [0.1, 0.15) is 15.5 Å². The molecule has 3 amide bonds. The summed E-state index contributed by atoms with van der Waals surface area (Å²) in [5, 5.41) is 1.02. The summed E-state index contributed by atoms with van der Waals surface area (Å²) in [6, 6.07) is 45.0. The normalized spacial score (nSPS) is 14.7. The second-order valence-electron chi connectivity index (χ2n) is 20.3. The first-order chi connectivity index (χ1) is 37.4. The zero-order chi connectivity index (χ0) is 54.8. The molecule has 8 aromatic rings. The molecule has 0 radical (unpaired) electrons. The maximum Gasteiger partial charge on any atom is 0.264 e. The molecule has 6 aromatic carbocycles. The molecule has 2 saturated heterocycles. The maximum absolute atomic E-state index is 14.1. The van der Waals surface area contributed by atoms with Crippen LogP contribution in [0.2, 0.25) is 0 Å². The summed E-state index contributed by atoms with van der Waals surface area (Å²) in [4.78, 5) is 57.5. The molecule has 0 spiro atoms. The van der Waals surface area contributed by atoms with E-state index in [1.807, 2.05) is 81.1 Å². The fraction of sp³-hybridized carbons (Fsp3) is 0.250. The number of hydrogen-bond donors (Lipinski definition) is 2. The summed E-state index contributed by atoms with van der Waals surface area (Å²) in [5.41, 5.74) is 3.91. The number of rotatable bonds is 15. The van der Waals surface area contributed by atoms with Gasteiger partial charge in [0.05, 0.1) is 28.2 Å². The monoisotopic (exact) mass is 1080 g/mol. The fourth-order valence-electron chi connectivity index (χ4n) is 10.1. The highest BCUT2D eigenvalue weighted by atomic mass is 32.2. The summed E-state index contributed by atoms with van der Waals surface area (Å²) in [6.07, 6.45) is 1.56. The van der Waals surface area contributed by atoms with Crippen molar-refractivity contribution >= 4 is 70.9 Å². The zero-order valence-corrected chi connectivity index (χ0v) is 45.4. The predicted octanol–water partition coefficient (Wildman–Crippen LogP) is 9.06. The Balaban J connectivity index is 0.793. The topological polar surface area (TPSA) is 192 Å². The SMILES string of the molecule is CC(C)Oc1ccccc1CN1CCN(C(=O)c2ccc(NS(=O)(=O)c3ccc(-c4ccc5cccc(S(=O)(=O)Nc6ccc(C(=O)N7CCN(C(=O)C(C)(C)c8ccccc8)CC7)cc6)c5n4)c4cccnc34)cc2)CC1. The van der Waals surface area contributed by atoms with Crippen LogP contribution in [0.1, 0.15) is 59.5 Å². The molecule has 4 heterocycles. The minimum Gasteiger partial charge on any atom is -0.491 e. The van der Waals surface area contributed by atoms with Gasteiger partial charge in [-0.05, 0) is 112 Å². The van der Waals surface area contributed by atoms with E-state index in [1.165, 1.54) is 30.5 Å². The number of carbonyl (C=O) groups is 3. The van der Waals surface area contributed by atoms with Crippen molar-refractivity contribution in [3.05, 3.63) is 186 Å². The van der Waals surface area contributed by atoms with E-state index in [0.29, 0.717) is 92.1 Å². The number of carbonyl (C=O) groups excluding carboxylic acids is 3. The second kappa shape index (κ2) is 22.0. The van der Waals surface area contributed by atoms with Gasteiger partial charge in [0.2, 0.25) is 5.91 Å². The lowest BCUT2D eigenvalue weighted by Crippen LogP contribution is -2.54. The van der Waals surface area contributed by atoms with Crippen LogP contribution >= 0.6 is 0 Å². The number of pyridine rings is 2. The lowest BCUT2D eigenvalue weighted by molar-refractivity contribution is -0.137. The van der Waals surface area contributed by atoms with Gasteiger partial charge in [-0.1, -0.05) is 78.9 Å². The molecule has 0 unspecified atom stereocenters. The van der Waals surface area contributed by atoms with Crippen molar-refractivity contribution in [3.8, 4) is 17.0 Å². The molecule has 0 aliphatic carbocycles. The standard InChI is InChI=1S/C60H60N8O8S2/c1-41(2)76-52-17-9-8-12-45(52)40-65-32-34-66(35-33-65)57(69)43-19-26-48(27-20-43)64-78(74,75)54-30-28-49(50-16-11-31-61-56(50)54)51-29-23-42-13-10-18-53(55(42)62-51)77(72,73)63-47-24-21-44(22-25-47)58(70)67-36-38-68(39-37-67)59(71)60(3,4)46-14-6-5-7-15-46/h5-31,41,63-64H,32-40H2,1-4H3. The van der Waals surface area contributed by atoms with Gasteiger partial charge in [-0.25, -0.2) is 21.8 Å². The van der Waals surface area contributed by atoms with Crippen LogP contribution in [0.5, 0.6) is 5.75 Å². The third kappa shape index (κ3) is 11.3. The minimum absolute atomic E-state index is 0.000342. The predicted molar refractivity (Wildman–Crippen MR) is 302 cm³/mol. The van der Waals surface area contributed by atoms with Crippen LogP contribution in [0.25, 0.3) is 33.1 Å². The molecule has 10 rings (SSSR count). The third-order valence-corrected chi connectivity index (χ3v) is 17.1. The third-order valence-electron chi connectivity index (χ3n) is 14.3. The summed E-state index contributed by atoms with van der Waals surface area (Å²) < 4.78 is 67.8. The largest absolute Gasteiger partial charge is 0.491 e. The van der Waals surface area contributed by atoms with Crippen LogP contribution in [-0.2, 0) is 36.8 Å². The first-order valence-corrected chi connectivity index (χ1v) is 28.9. The lowest BCUT2D eigenvalue weighted by atomic mass is 9.83. The van der Waals surface area contributed by atoms with Gasteiger partial charge in [-0.2, -0.15) is 0 Å². The first-order valence-electron chi connectivity index (χ1n) is 25.9. The molecule has 18 heteroatoms. The van der Waals surface area contributed by atoms with Crippen LogP contribution in [0.3, 0.4) is 0 Å². The number of para-hydroxylation sites is 2. The van der Waals surface area contributed by atoms with E-state index in [9.17, 15) is 31.2 Å². The van der Waals surface area contributed by atoms with Gasteiger partial charge in [-0.15, -0.1) is 0 Å². The minimum atomic E-state index is -4.24. The number of anilines is 2. The Kier molecular flexibility index (Phi) is 15.0. The van der Waals surface area contributed by atoms with Crippen LogP contribution in [0, 0.1) is 0 Å². The van der Waals surface area contributed by atoms with E-state index in [4.69, 9.17) is 9.72 Å². The molecule has 2 N–H and O–H groups in total. The average molecular weight is 1090 g/mol. The zero-order valence-electron chi connectivity index (χ0n) is 43.8. The summed E-state index contributed by atoms with van der Waals surface area (Å²) >= 11 is 0. The Bertz CT molecular complexity index is 3770. The molecular weight excluding hydrogens is 1020 g/mol. The van der Waals surface area contributed by atoms with E-state index in [2.05, 4.69) is 25.4 Å². The number of sulfonamides is 2. The van der Waals surface area contributed by atoms with Crippen molar-refractivity contribution in [1.82, 2.24) is 29.6 Å². The van der Waals surface area contributed by atoms with Gasteiger partial charge in [-0.3, -0.25) is 33.7 Å². The molecule has 2 aliphatic rings. The molecule has 400 valence electrons. The number of piperazine rings is 2. The highest BCUT2D eigenvalue weighted by molar-refractivity contribution is 7.93. The Morgan fingerprint density at radius 2 is 1.14 bits per heavy atom. The van der Waals surface area contributed by atoms with E-state index < -0.39 is 25.5 Å². The Labute approximate surface area is 454 Å². The summed E-state index contributed by atoms with van der Waals surface area (Å²) in [5.74, 6) is 0.507. The van der Waals surface area contributed by atoms with Gasteiger partial charge in [0.15, 0.2) is 0 Å². The Hall–Kier alpha value is -8.19. The number of hydrogen-bond acceptors (Lipinski definition) is 11. The van der Waals surface area contributed by atoms with Crippen molar-refractivity contribution in [3.63, 3.8) is 0 Å². The van der Waals surface area contributed by atoms with E-state index in [1.54, 1.807) is 88.7 Å². The molecule has 0 atom stereocenters. The Morgan fingerprint density at radius 1 is 0.577 bits per heavy atom. The number of fused-ring (bicyclic) bond motifs is 2. The molecule has 2 aromatic heterocycles. The molecule has 0 bridgehead atoms. The van der Waals surface area contributed by atoms with Crippen LogP contribution in [0.15, 0.2) is 174 Å². The first kappa shape index (κ1) is 53.2. The van der Waals surface area contributed by atoms with Crippen LogP contribution < -0.4 is 14.2 Å². The molecule has 2 fully saturated rings. The fourth-order valence-corrected chi connectivity index (χ4v) is 12.5. The van der Waals surface area contributed by atoms with Crippen molar-refractivity contribution in [2.45, 2.75) is 55.5 Å². The molecular formula is C60H60N8O8S2. The number of amides is 3. The van der Waals surface area contributed by atoms with Crippen molar-refractivity contribution in [1.29, 1.82) is 0 Å². The quantitative estimate of drug-likeness (QED) is 0.0996. The van der Waals surface area contributed by atoms with Crippen molar-refractivity contribution in [2.24, 2.45) is 0 Å². The number of nitrogens with zero attached hydrogens (tertiary/aromatic N) is 6. The van der Waals surface area contributed by atoms with E-state index >= 15 is 0 Å². The molecule has 0 saturated carbocycles. The average Bonchev–Trinajstić information content (AvgIpc) is 3.61. The maximum atomic E-state index is 14.1. The molecule has 2 aliphatic heterocycles. The molecule has 78 heavy (non-hydrogen) atoms. The van der Waals surface area contributed by atoms with E-state index in [0.717, 1.165) is 16.9 Å². The van der Waals surface area contributed by atoms with Gasteiger partial charge in [0, 0.05) is 110 Å². The highest BCUT2D eigenvalue weighted by Crippen LogP contribution is 2.35. The number of nitrogens with one attached hydrogen (secondary N) is 2. The van der Waals surface area contributed by atoms with Crippen molar-refractivity contribution in [2.75, 3.05) is 61.8 Å². The Morgan fingerprint density at radius 3 is 1.76 bits per heavy atom. The summed E-state index contributed by atoms with van der Waals surface area (Å²) in [7, 11) is -8.46. The van der Waals surface area contributed by atoms with Gasteiger partial charge < -0.3 is 19.4 Å². The van der Waals surface area contributed by atoms with Crippen LogP contribution in [0.4, 0.5) is 11.4 Å². The number of ether oxygens (including phenoxy) is 1. The number of aromatic nitrogens is 2. The summed E-state index contributed by atoms with van der Waals surface area (Å²) in [6.45, 7) is 12.5. The van der Waals surface area contributed by atoms with E-state index in [-0.39, 0.29) is 56.0 Å². The second-order valence-corrected chi connectivity index (χ2v) is 23.6. The van der Waals surface area contributed by atoms with Gasteiger partial charge >= 0.3 is 0 Å². The molecule has 16 nitrogen and oxygen atoms in total. The van der Waals surface area contributed by atoms with Crippen molar-refractivity contribution < 1.29 is 36.0 Å². The highest BCUT2D eigenvalue weighted by Gasteiger charge is 2.36. The van der Waals surface area contributed by atoms with Crippen LogP contribution in [-0.4, -0.2) is 123 Å². The number of benzene rings is 6. The van der Waals surface area contributed by atoms with Gasteiger partial charge in [0.25, 0.3) is 31.9 Å².